The van der Waals surface area contributed by atoms with E-state index in [9.17, 15) is 9.59 Å². The number of ether oxygens (including phenoxy) is 1. The van der Waals surface area contributed by atoms with Gasteiger partial charge < -0.3 is 10.1 Å². The average molecular weight is 293 g/mol. The molecule has 2 unspecified atom stereocenters. The number of Topliss-reactive ketones (excluding diaryl/α,β-unsaturated/α-hetero) is 1. The minimum Gasteiger partial charge on any atom is -0.495 e. The molecule has 1 N–H and O–H groups in total. The van der Waals surface area contributed by atoms with Crippen LogP contribution in [0.1, 0.15) is 0 Å². The molecule has 0 spiro atoms. The van der Waals surface area contributed by atoms with Crippen molar-refractivity contribution in [3.63, 3.8) is 0 Å². The molecule has 0 aromatic rings. The van der Waals surface area contributed by atoms with E-state index in [1.165, 1.54) is 7.11 Å². The zero-order chi connectivity index (χ0) is 11.2. The number of alkyl halides is 2. The average Bonchev–Trinajstić information content (AvgIpc) is 2.45. The lowest BCUT2D eigenvalue weighted by atomic mass is 9.94. The first-order valence-corrected chi connectivity index (χ1v) is 5.35. The van der Waals surface area contributed by atoms with Gasteiger partial charge in [-0.25, -0.2) is 0 Å². The molecule has 2 rings (SSSR count). The van der Waals surface area contributed by atoms with Crippen LogP contribution < -0.4 is 5.32 Å². The minimum absolute atomic E-state index is 0.418. The van der Waals surface area contributed by atoms with Gasteiger partial charge in [-0.1, -0.05) is 15.9 Å². The second-order valence-corrected chi connectivity index (χ2v) is 5.64. The van der Waals surface area contributed by atoms with Crippen molar-refractivity contribution in [1.29, 1.82) is 0 Å². The number of ketones is 1. The van der Waals surface area contributed by atoms with Gasteiger partial charge in [0.25, 0.3) is 5.91 Å². The minimum atomic E-state index is -1.05. The maximum Gasteiger partial charge on any atom is 0.292 e. The normalized spacial score (nSPS) is 34.2. The second kappa shape index (κ2) is 3.35. The molecular weight excluding hydrogens is 285 g/mol. The van der Waals surface area contributed by atoms with E-state index in [1.807, 2.05) is 0 Å². The first-order chi connectivity index (χ1) is 6.97. The molecular formula is C9H7BrClNO3. The molecule has 1 saturated heterocycles. The lowest BCUT2D eigenvalue weighted by Crippen LogP contribution is -2.32. The molecule has 0 saturated carbocycles. The van der Waals surface area contributed by atoms with Crippen molar-refractivity contribution < 1.29 is 14.3 Å². The standard InChI is InChI=1S/C9H7BrClNO3/c1-15-4-2-3-9(10,11)5-6(4)12-8(14)7(5)13/h2-3,5H,1H3,(H,12,14). The summed E-state index contributed by atoms with van der Waals surface area (Å²) in [5.74, 6) is -1.50. The van der Waals surface area contributed by atoms with Gasteiger partial charge in [-0.05, 0) is 12.2 Å². The Hall–Kier alpha value is -0.810. The van der Waals surface area contributed by atoms with Crippen LogP contribution in [-0.2, 0) is 14.3 Å². The largest absolute Gasteiger partial charge is 0.495 e. The quantitative estimate of drug-likeness (QED) is 0.581. The van der Waals surface area contributed by atoms with Gasteiger partial charge >= 0.3 is 0 Å². The summed E-state index contributed by atoms with van der Waals surface area (Å²) in [6.07, 6.45) is 3.20. The smallest absolute Gasteiger partial charge is 0.292 e. The maximum absolute atomic E-state index is 11.6. The first-order valence-electron chi connectivity index (χ1n) is 4.18. The van der Waals surface area contributed by atoms with Gasteiger partial charge in [0.1, 0.15) is 15.5 Å². The van der Waals surface area contributed by atoms with Crippen LogP contribution in [-0.4, -0.2) is 22.6 Å². The number of hydrogen-bond donors (Lipinski definition) is 1. The zero-order valence-corrected chi connectivity index (χ0v) is 10.1. The molecule has 0 aromatic carbocycles. The summed E-state index contributed by atoms with van der Waals surface area (Å²) in [7, 11) is 1.47. The highest BCUT2D eigenvalue weighted by molar-refractivity contribution is 9.10. The van der Waals surface area contributed by atoms with Gasteiger partial charge in [-0.3, -0.25) is 9.59 Å². The SMILES string of the molecule is COC1=C2NC(=O)C(=O)C2C(Cl)(Br)C=C1. The van der Waals surface area contributed by atoms with Gasteiger partial charge in [0.05, 0.1) is 12.8 Å². The highest BCUT2D eigenvalue weighted by Gasteiger charge is 2.51. The van der Waals surface area contributed by atoms with E-state index >= 15 is 0 Å². The number of allylic oxidation sites excluding steroid dienone is 3. The molecule has 6 heteroatoms. The number of carbonyl (C=O) groups is 2. The third kappa shape index (κ3) is 1.50. The first kappa shape index (κ1) is 10.7. The Morgan fingerprint density at radius 2 is 2.27 bits per heavy atom. The molecule has 1 fully saturated rings. The predicted molar refractivity (Wildman–Crippen MR) is 57.3 cm³/mol. The van der Waals surface area contributed by atoms with Crippen LogP contribution in [0.3, 0.4) is 0 Å². The highest BCUT2D eigenvalue weighted by Crippen LogP contribution is 2.44. The van der Waals surface area contributed by atoms with Crippen molar-refractivity contribution in [2.75, 3.05) is 7.11 Å². The van der Waals surface area contributed by atoms with Crippen LogP contribution in [0, 0.1) is 5.92 Å². The molecule has 1 aliphatic carbocycles. The number of halogens is 2. The number of carbonyl (C=O) groups excluding carboxylic acids is 2. The van der Waals surface area contributed by atoms with Crippen molar-refractivity contribution in [3.8, 4) is 0 Å². The molecule has 80 valence electrons. The van der Waals surface area contributed by atoms with Crippen molar-refractivity contribution >= 4 is 39.2 Å². The Morgan fingerprint density at radius 1 is 1.60 bits per heavy atom. The Bertz CT molecular complexity index is 414. The lowest BCUT2D eigenvalue weighted by molar-refractivity contribution is -0.136. The summed E-state index contributed by atoms with van der Waals surface area (Å²) in [5.41, 5.74) is 0.418. The Kier molecular flexibility index (Phi) is 2.39. The molecule has 0 radical (unpaired) electrons. The van der Waals surface area contributed by atoms with Gasteiger partial charge in [-0.15, -0.1) is 11.6 Å². The number of amides is 1. The van der Waals surface area contributed by atoms with Gasteiger partial charge in [-0.2, -0.15) is 0 Å². The van der Waals surface area contributed by atoms with E-state index in [0.29, 0.717) is 11.5 Å². The van der Waals surface area contributed by atoms with Gasteiger partial charge in [0.15, 0.2) is 0 Å². The van der Waals surface area contributed by atoms with E-state index in [1.54, 1.807) is 12.2 Å². The summed E-state index contributed by atoms with van der Waals surface area (Å²) in [5, 5.41) is 2.46. The summed E-state index contributed by atoms with van der Waals surface area (Å²) in [4.78, 5) is 22.8. The zero-order valence-electron chi connectivity index (χ0n) is 7.71. The number of rotatable bonds is 1. The van der Waals surface area contributed by atoms with E-state index in [4.69, 9.17) is 16.3 Å². The van der Waals surface area contributed by atoms with Crippen LogP contribution in [0.15, 0.2) is 23.6 Å². The monoisotopic (exact) mass is 291 g/mol. The van der Waals surface area contributed by atoms with E-state index in [-0.39, 0.29) is 0 Å². The third-order valence-corrected chi connectivity index (χ3v) is 3.42. The summed E-state index contributed by atoms with van der Waals surface area (Å²) in [6, 6.07) is 0. The Balaban J connectivity index is 2.54. The molecule has 0 aromatic heterocycles. The fourth-order valence-electron chi connectivity index (χ4n) is 1.64. The highest BCUT2D eigenvalue weighted by atomic mass is 79.9. The Labute approximate surface area is 99.4 Å². The molecule has 0 bridgehead atoms. The van der Waals surface area contributed by atoms with Crippen LogP contribution in [0.2, 0.25) is 0 Å². The topological polar surface area (TPSA) is 55.4 Å². The maximum atomic E-state index is 11.6. The fraction of sp³-hybridized carbons (Fsp3) is 0.333. The summed E-state index contributed by atoms with van der Waals surface area (Å²) < 4.78 is 3.99. The molecule has 2 aliphatic rings. The molecule has 15 heavy (non-hydrogen) atoms. The van der Waals surface area contributed by atoms with Crippen molar-refractivity contribution in [2.24, 2.45) is 5.92 Å². The van der Waals surface area contributed by atoms with Crippen LogP contribution in [0.25, 0.3) is 0 Å². The van der Waals surface area contributed by atoms with Crippen LogP contribution in [0.4, 0.5) is 0 Å². The fourth-order valence-corrected chi connectivity index (χ4v) is 2.48. The molecule has 1 aliphatic heterocycles. The number of fused-ring (bicyclic) bond motifs is 1. The molecule has 2 atom stereocenters. The van der Waals surface area contributed by atoms with Crippen LogP contribution in [0.5, 0.6) is 0 Å². The second-order valence-electron chi connectivity index (χ2n) is 3.24. The number of methoxy groups -OCH3 is 1. The summed E-state index contributed by atoms with van der Waals surface area (Å²) >= 11 is 9.28. The Morgan fingerprint density at radius 3 is 2.87 bits per heavy atom. The molecule has 4 nitrogen and oxygen atoms in total. The third-order valence-electron chi connectivity index (χ3n) is 2.35. The lowest BCUT2D eigenvalue weighted by Gasteiger charge is -2.26. The van der Waals surface area contributed by atoms with Crippen molar-refractivity contribution in [1.82, 2.24) is 5.32 Å². The molecule has 1 heterocycles. The van der Waals surface area contributed by atoms with Crippen molar-refractivity contribution in [3.05, 3.63) is 23.6 Å². The number of hydrogen-bond acceptors (Lipinski definition) is 3. The van der Waals surface area contributed by atoms with Crippen molar-refractivity contribution in [2.45, 2.75) is 3.78 Å². The molecule has 1 amide bonds. The summed E-state index contributed by atoms with van der Waals surface area (Å²) in [6.45, 7) is 0. The van der Waals surface area contributed by atoms with E-state index < -0.39 is 21.4 Å². The van der Waals surface area contributed by atoms with Crippen LogP contribution >= 0.6 is 27.5 Å². The van der Waals surface area contributed by atoms with Gasteiger partial charge in [0, 0.05) is 0 Å². The number of nitrogens with one attached hydrogen (secondary N) is 1. The van der Waals surface area contributed by atoms with E-state index in [0.717, 1.165) is 0 Å². The van der Waals surface area contributed by atoms with Gasteiger partial charge in [0.2, 0.25) is 5.78 Å². The van der Waals surface area contributed by atoms with E-state index in [2.05, 4.69) is 21.2 Å². The predicted octanol–water partition coefficient (Wildman–Crippen LogP) is 1.06.